The van der Waals surface area contributed by atoms with Crippen LogP contribution in [0, 0.1) is 5.92 Å². The molecule has 1 aliphatic rings. The van der Waals surface area contributed by atoms with Crippen molar-refractivity contribution in [2.24, 2.45) is 5.92 Å². The van der Waals surface area contributed by atoms with Crippen LogP contribution in [-0.4, -0.2) is 17.4 Å². The van der Waals surface area contributed by atoms with Gasteiger partial charge in [-0.3, -0.25) is 4.79 Å². The molecular weight excluding hydrogens is 387 g/mol. The van der Waals surface area contributed by atoms with Gasteiger partial charge >= 0.3 is 0 Å². The monoisotopic (exact) mass is 414 g/mol. The summed E-state index contributed by atoms with van der Waals surface area (Å²) in [6.07, 6.45) is 4.81. The van der Waals surface area contributed by atoms with Crippen LogP contribution in [0.15, 0.2) is 24.3 Å². The predicted octanol–water partition coefficient (Wildman–Crippen LogP) is 5.83. The van der Waals surface area contributed by atoms with Crippen molar-refractivity contribution in [1.29, 1.82) is 0 Å². The largest absolute Gasteiger partial charge is 0.317 e. The molecule has 0 aliphatic carbocycles. The summed E-state index contributed by atoms with van der Waals surface area (Å²) in [6, 6.07) is 8.25. The number of carbonyl (C=O) groups excluding carboxylic acids is 1. The Labute approximate surface area is 174 Å². The predicted molar refractivity (Wildman–Crippen MR) is 120 cm³/mol. The van der Waals surface area contributed by atoms with Crippen molar-refractivity contribution in [3.63, 3.8) is 0 Å². The van der Waals surface area contributed by atoms with Crippen LogP contribution in [-0.2, 0) is 17.8 Å². The third kappa shape index (κ3) is 4.14. The summed E-state index contributed by atoms with van der Waals surface area (Å²) < 4.78 is 1.19. The summed E-state index contributed by atoms with van der Waals surface area (Å²) in [5, 5.41) is 8.66. The van der Waals surface area contributed by atoms with E-state index in [0.29, 0.717) is 12.3 Å². The number of rotatable bonds is 7. The van der Waals surface area contributed by atoms with Crippen LogP contribution < -0.4 is 10.6 Å². The maximum atomic E-state index is 12.6. The molecule has 0 bridgehead atoms. The fourth-order valence-corrected chi connectivity index (χ4v) is 5.98. The second-order valence-electron chi connectivity index (χ2n) is 7.58. The van der Waals surface area contributed by atoms with Crippen molar-refractivity contribution < 1.29 is 4.79 Å². The maximum absolute atomic E-state index is 12.6. The van der Waals surface area contributed by atoms with Crippen molar-refractivity contribution in [2.75, 3.05) is 11.9 Å². The van der Waals surface area contributed by atoms with Gasteiger partial charge in [0.25, 0.3) is 0 Å². The summed E-state index contributed by atoms with van der Waals surface area (Å²) in [5.41, 5.74) is 3.54. The average molecular weight is 415 g/mol. The minimum atomic E-state index is 0.122. The summed E-state index contributed by atoms with van der Waals surface area (Å²) >= 11 is 3.43. The highest BCUT2D eigenvalue weighted by Crippen LogP contribution is 2.44. The van der Waals surface area contributed by atoms with E-state index in [2.05, 4.69) is 42.7 Å². The molecule has 1 aromatic carbocycles. The smallest absolute Gasteiger partial charge is 0.224 e. The average Bonchev–Trinajstić information content (AvgIpc) is 3.27. The van der Waals surface area contributed by atoms with Gasteiger partial charge in [-0.2, -0.15) is 0 Å². The van der Waals surface area contributed by atoms with Crippen LogP contribution in [0.4, 0.5) is 5.00 Å². The number of carbonyl (C=O) groups is 1. The van der Waals surface area contributed by atoms with Gasteiger partial charge in [-0.1, -0.05) is 38.8 Å². The molecule has 28 heavy (non-hydrogen) atoms. The lowest BCUT2D eigenvalue weighted by Gasteiger charge is -2.13. The highest BCUT2D eigenvalue weighted by atomic mass is 32.1. The van der Waals surface area contributed by atoms with Crippen LogP contribution >= 0.6 is 22.7 Å². The Balaban J connectivity index is 1.60. The first-order valence-corrected chi connectivity index (χ1v) is 11.8. The van der Waals surface area contributed by atoms with Crippen molar-refractivity contribution >= 4 is 43.8 Å². The molecule has 1 amide bonds. The van der Waals surface area contributed by atoms with E-state index in [1.807, 2.05) is 6.07 Å². The number of fused-ring (bicyclic) bond motifs is 2. The summed E-state index contributed by atoms with van der Waals surface area (Å²) in [4.78, 5) is 18.8. The Bertz CT molecular complexity index is 942. The molecule has 0 radical (unpaired) electrons. The number of nitrogens with one attached hydrogen (secondary N) is 2. The first kappa shape index (κ1) is 19.6. The topological polar surface area (TPSA) is 54.0 Å². The Kier molecular flexibility index (Phi) is 6.09. The zero-order chi connectivity index (χ0) is 19.5. The van der Waals surface area contributed by atoms with Crippen molar-refractivity contribution in [3.05, 3.63) is 34.7 Å². The van der Waals surface area contributed by atoms with Crippen LogP contribution in [0.2, 0.25) is 0 Å². The van der Waals surface area contributed by atoms with E-state index in [1.54, 1.807) is 22.7 Å². The van der Waals surface area contributed by atoms with E-state index in [-0.39, 0.29) is 5.91 Å². The van der Waals surface area contributed by atoms with Gasteiger partial charge in [-0.25, -0.2) is 4.98 Å². The fraction of sp³-hybridized carbons (Fsp3) is 0.455. The van der Waals surface area contributed by atoms with E-state index in [4.69, 9.17) is 4.98 Å². The normalized spacial score (nSPS) is 14.8. The first-order chi connectivity index (χ1) is 13.7. The Hall–Kier alpha value is -1.76. The summed E-state index contributed by atoms with van der Waals surface area (Å²) in [6.45, 7) is 6.31. The number of hydrogen-bond donors (Lipinski definition) is 2. The zero-order valence-corrected chi connectivity index (χ0v) is 18.1. The van der Waals surface area contributed by atoms with Gasteiger partial charge in [0.2, 0.25) is 5.91 Å². The van der Waals surface area contributed by atoms with Crippen LogP contribution in [0.25, 0.3) is 20.8 Å². The highest BCUT2D eigenvalue weighted by molar-refractivity contribution is 7.22. The molecule has 1 unspecified atom stereocenters. The number of aromatic nitrogens is 1. The Morgan fingerprint density at radius 2 is 2.18 bits per heavy atom. The van der Waals surface area contributed by atoms with Crippen molar-refractivity contribution in [1.82, 2.24) is 10.3 Å². The molecule has 3 heterocycles. The molecule has 148 valence electrons. The Morgan fingerprint density at radius 1 is 1.32 bits per heavy atom. The Morgan fingerprint density at radius 3 is 3.00 bits per heavy atom. The lowest BCUT2D eigenvalue weighted by atomic mass is 10.0. The van der Waals surface area contributed by atoms with Crippen LogP contribution in [0.5, 0.6) is 0 Å². The molecule has 6 heteroatoms. The second-order valence-corrected chi connectivity index (χ2v) is 9.71. The van der Waals surface area contributed by atoms with E-state index >= 15 is 0 Å². The zero-order valence-electron chi connectivity index (χ0n) is 16.5. The molecular formula is C22H27N3OS2. The number of thiazole rings is 1. The van der Waals surface area contributed by atoms with Gasteiger partial charge in [0.1, 0.15) is 10.0 Å². The van der Waals surface area contributed by atoms with Gasteiger partial charge in [-0.05, 0) is 43.0 Å². The molecule has 4 rings (SSSR count). The quantitative estimate of drug-likeness (QED) is 0.479. The maximum Gasteiger partial charge on any atom is 0.224 e. The van der Waals surface area contributed by atoms with Crippen molar-refractivity contribution in [2.45, 2.75) is 52.5 Å². The summed E-state index contributed by atoms with van der Waals surface area (Å²) in [7, 11) is 0. The van der Waals surface area contributed by atoms with Gasteiger partial charge in [0, 0.05) is 23.4 Å². The van der Waals surface area contributed by atoms with Gasteiger partial charge in [0.15, 0.2) is 0 Å². The molecule has 0 saturated carbocycles. The number of para-hydroxylation sites is 1. The third-order valence-corrected chi connectivity index (χ3v) is 7.69. The minimum Gasteiger partial charge on any atom is -0.317 e. The van der Waals surface area contributed by atoms with Gasteiger partial charge < -0.3 is 10.6 Å². The van der Waals surface area contributed by atoms with Gasteiger partial charge in [0.05, 0.1) is 10.2 Å². The number of thiophene rings is 1. The number of amides is 1. The minimum absolute atomic E-state index is 0.122. The van der Waals surface area contributed by atoms with E-state index in [0.717, 1.165) is 53.4 Å². The van der Waals surface area contributed by atoms with Crippen molar-refractivity contribution in [3.8, 4) is 10.6 Å². The molecule has 0 fully saturated rings. The summed E-state index contributed by atoms with van der Waals surface area (Å²) in [5.74, 6) is 0.809. The highest BCUT2D eigenvalue weighted by Gasteiger charge is 2.25. The lowest BCUT2D eigenvalue weighted by Crippen LogP contribution is -2.22. The molecule has 3 aromatic rings. The second kappa shape index (κ2) is 8.72. The fourth-order valence-electron chi connectivity index (χ4n) is 3.63. The standard InChI is InChI=1S/C22H27N3OS2/c1-3-14(2)7-6-10-19(26)25-22-20(15-11-12-23-13-18(15)28-22)21-24-16-8-4-5-9-17(16)27-21/h4-5,8-9,14,23H,3,6-7,10-13H2,1-2H3,(H,25,26)/i25+1. The van der Waals surface area contributed by atoms with Gasteiger partial charge in [-0.15, -0.1) is 22.7 Å². The molecule has 2 N–H and O–H groups in total. The molecule has 1 atom stereocenters. The number of nitrogens with zero attached hydrogens (tertiary/aromatic N) is 1. The lowest BCUT2D eigenvalue weighted by molar-refractivity contribution is -0.116. The third-order valence-electron chi connectivity index (χ3n) is 5.49. The van der Waals surface area contributed by atoms with E-state index < -0.39 is 0 Å². The molecule has 0 spiro atoms. The molecule has 4 nitrogen and oxygen atoms in total. The molecule has 0 saturated heterocycles. The SMILES string of the molecule is CCC(C)CCCC(=O)[15NH]c1sc2c(c1-c1nc3ccccc3s1)CCNC2. The number of anilines is 1. The number of benzene rings is 1. The van der Waals surface area contributed by atoms with E-state index in [9.17, 15) is 4.79 Å². The van der Waals surface area contributed by atoms with Crippen LogP contribution in [0.1, 0.15) is 50.0 Å². The molecule has 1 aliphatic heterocycles. The van der Waals surface area contributed by atoms with Crippen LogP contribution in [0.3, 0.4) is 0 Å². The molecule has 2 aromatic heterocycles. The first-order valence-electron chi connectivity index (χ1n) is 10.2. The number of hydrogen-bond acceptors (Lipinski definition) is 5. The van der Waals surface area contributed by atoms with E-state index in [1.165, 1.54) is 21.6 Å².